The molecule has 2 N–H and O–H groups in total. The van der Waals surface area contributed by atoms with Gasteiger partial charge in [0.2, 0.25) is 5.91 Å². The zero-order valence-corrected chi connectivity index (χ0v) is 14.9. The molecular weight excluding hydrogens is 312 g/mol. The summed E-state index contributed by atoms with van der Waals surface area (Å²) in [6.07, 6.45) is 0.447. The lowest BCUT2D eigenvalue weighted by molar-refractivity contribution is -0.167. The fraction of sp³-hybridized carbons (Fsp3) is 0.529. The average molecular weight is 338 g/mol. The van der Waals surface area contributed by atoms with E-state index >= 15 is 0 Å². The number of amides is 1. The van der Waals surface area contributed by atoms with Crippen molar-refractivity contribution in [3.63, 3.8) is 0 Å². The van der Waals surface area contributed by atoms with Crippen LogP contribution in [0.3, 0.4) is 0 Å². The number of hydrogen-bond donors (Lipinski definition) is 2. The lowest BCUT2D eigenvalue weighted by Crippen LogP contribution is -2.47. The molecular formula is C17H26N2O5. The molecule has 0 saturated carbocycles. The second-order valence-electron chi connectivity index (χ2n) is 5.22. The van der Waals surface area contributed by atoms with Crippen LogP contribution in [0.4, 0.5) is 11.4 Å². The zero-order valence-electron chi connectivity index (χ0n) is 14.9. The number of nitrogens with one attached hydrogen (secondary N) is 2. The average Bonchev–Trinajstić information content (AvgIpc) is 2.56. The molecule has 1 aromatic rings. The molecule has 0 aliphatic rings. The van der Waals surface area contributed by atoms with Crippen LogP contribution in [0.2, 0.25) is 0 Å². The van der Waals surface area contributed by atoms with E-state index in [0.29, 0.717) is 23.5 Å². The fourth-order valence-electron chi connectivity index (χ4n) is 2.27. The Morgan fingerprint density at radius 2 is 1.92 bits per heavy atom. The Bertz CT molecular complexity index is 570. The Morgan fingerprint density at radius 3 is 2.42 bits per heavy atom. The van der Waals surface area contributed by atoms with Crippen molar-refractivity contribution in [2.75, 3.05) is 38.0 Å². The first-order valence-corrected chi connectivity index (χ1v) is 7.84. The van der Waals surface area contributed by atoms with Crippen LogP contribution in [0.1, 0.15) is 27.2 Å². The van der Waals surface area contributed by atoms with E-state index in [-0.39, 0.29) is 19.1 Å². The number of rotatable bonds is 9. The number of hydrogen-bond acceptors (Lipinski definition) is 6. The van der Waals surface area contributed by atoms with Crippen LogP contribution in [0, 0.1) is 0 Å². The molecule has 0 spiro atoms. The Balaban J connectivity index is 3.00. The SMILES string of the molecule is CCOC(=O)C(CC)(CNc1cc(NC(C)=O)ccc1OC)OC. The smallest absolute Gasteiger partial charge is 0.340 e. The highest BCUT2D eigenvalue weighted by atomic mass is 16.6. The van der Waals surface area contributed by atoms with E-state index in [2.05, 4.69) is 10.6 Å². The summed E-state index contributed by atoms with van der Waals surface area (Å²) in [6, 6.07) is 5.21. The summed E-state index contributed by atoms with van der Waals surface area (Å²) >= 11 is 0. The molecule has 0 radical (unpaired) electrons. The molecule has 0 fully saturated rings. The van der Waals surface area contributed by atoms with Crippen molar-refractivity contribution in [1.82, 2.24) is 0 Å². The first-order valence-electron chi connectivity index (χ1n) is 7.84. The molecule has 0 heterocycles. The number of carbonyl (C=O) groups is 2. The summed E-state index contributed by atoms with van der Waals surface area (Å²) in [5.41, 5.74) is 0.176. The lowest BCUT2D eigenvalue weighted by atomic mass is 10.0. The molecule has 1 amide bonds. The second-order valence-corrected chi connectivity index (χ2v) is 5.22. The number of ether oxygens (including phenoxy) is 3. The van der Waals surface area contributed by atoms with Crippen molar-refractivity contribution in [2.45, 2.75) is 32.8 Å². The van der Waals surface area contributed by atoms with Crippen molar-refractivity contribution in [3.8, 4) is 5.75 Å². The molecule has 0 aromatic heterocycles. The Labute approximate surface area is 142 Å². The highest BCUT2D eigenvalue weighted by Crippen LogP contribution is 2.29. The van der Waals surface area contributed by atoms with Crippen molar-refractivity contribution >= 4 is 23.3 Å². The summed E-state index contributed by atoms with van der Waals surface area (Å²) in [7, 11) is 3.03. The van der Waals surface area contributed by atoms with Gasteiger partial charge in [-0.15, -0.1) is 0 Å². The van der Waals surface area contributed by atoms with Crippen LogP contribution in [-0.2, 0) is 19.1 Å². The predicted octanol–water partition coefficient (Wildman–Crippen LogP) is 2.42. The summed E-state index contributed by atoms with van der Waals surface area (Å²) in [5.74, 6) is 0.00554. The van der Waals surface area contributed by atoms with Gasteiger partial charge in [-0.2, -0.15) is 0 Å². The summed E-state index contributed by atoms with van der Waals surface area (Å²) in [4.78, 5) is 23.4. The minimum Gasteiger partial charge on any atom is -0.495 e. The molecule has 1 unspecified atom stereocenters. The van der Waals surface area contributed by atoms with Crippen molar-refractivity contribution in [2.24, 2.45) is 0 Å². The molecule has 24 heavy (non-hydrogen) atoms. The highest BCUT2D eigenvalue weighted by Gasteiger charge is 2.38. The van der Waals surface area contributed by atoms with Crippen LogP contribution >= 0.6 is 0 Å². The third-order valence-corrected chi connectivity index (χ3v) is 3.69. The van der Waals surface area contributed by atoms with Gasteiger partial charge in [-0.05, 0) is 31.5 Å². The summed E-state index contributed by atoms with van der Waals surface area (Å²) < 4.78 is 15.9. The molecule has 7 nitrogen and oxygen atoms in total. The maximum Gasteiger partial charge on any atom is 0.340 e. The van der Waals surface area contributed by atoms with Crippen molar-refractivity contribution in [3.05, 3.63) is 18.2 Å². The molecule has 1 atom stereocenters. The van der Waals surface area contributed by atoms with Crippen molar-refractivity contribution in [1.29, 1.82) is 0 Å². The molecule has 1 aromatic carbocycles. The molecule has 134 valence electrons. The number of carbonyl (C=O) groups excluding carboxylic acids is 2. The van der Waals surface area contributed by atoms with Gasteiger partial charge < -0.3 is 24.8 Å². The maximum absolute atomic E-state index is 12.2. The lowest BCUT2D eigenvalue weighted by Gasteiger charge is -2.29. The summed E-state index contributed by atoms with van der Waals surface area (Å²) in [5, 5.41) is 5.87. The number of esters is 1. The Morgan fingerprint density at radius 1 is 1.21 bits per heavy atom. The normalized spacial score (nSPS) is 12.9. The molecule has 0 aliphatic heterocycles. The summed E-state index contributed by atoms with van der Waals surface area (Å²) in [6.45, 7) is 5.53. The molecule has 7 heteroatoms. The monoisotopic (exact) mass is 338 g/mol. The van der Waals surface area contributed by atoms with Crippen LogP contribution in [0.25, 0.3) is 0 Å². The minimum absolute atomic E-state index is 0.169. The van der Waals surface area contributed by atoms with Crippen LogP contribution in [0.15, 0.2) is 18.2 Å². The topological polar surface area (TPSA) is 85.9 Å². The third-order valence-electron chi connectivity index (χ3n) is 3.69. The van der Waals surface area contributed by atoms with Gasteiger partial charge in [0.25, 0.3) is 0 Å². The molecule has 0 aliphatic carbocycles. The molecule has 0 saturated heterocycles. The van der Waals surface area contributed by atoms with Gasteiger partial charge in [-0.3, -0.25) is 4.79 Å². The standard InChI is InChI=1S/C17H26N2O5/c1-6-17(23-5,16(21)24-7-2)11-18-14-10-13(19-12(3)20)8-9-15(14)22-4/h8-10,18H,6-7,11H2,1-5H3,(H,19,20). The van der Waals surface area contributed by atoms with Gasteiger partial charge >= 0.3 is 5.97 Å². The van der Waals surface area contributed by atoms with Gasteiger partial charge in [-0.1, -0.05) is 6.92 Å². The van der Waals surface area contributed by atoms with E-state index in [1.54, 1.807) is 32.2 Å². The molecule has 0 bridgehead atoms. The van der Waals surface area contributed by atoms with Crippen molar-refractivity contribution < 1.29 is 23.8 Å². The van der Waals surface area contributed by atoms with Crippen LogP contribution < -0.4 is 15.4 Å². The fourth-order valence-corrected chi connectivity index (χ4v) is 2.27. The van der Waals surface area contributed by atoms with E-state index in [9.17, 15) is 9.59 Å². The Hall–Kier alpha value is -2.28. The van der Waals surface area contributed by atoms with E-state index < -0.39 is 11.6 Å². The van der Waals surface area contributed by atoms with Gasteiger partial charge in [-0.25, -0.2) is 4.79 Å². The van der Waals surface area contributed by atoms with Gasteiger partial charge in [0.15, 0.2) is 5.60 Å². The van der Waals surface area contributed by atoms with E-state index in [1.165, 1.54) is 14.0 Å². The Kier molecular flexibility index (Phi) is 7.51. The quantitative estimate of drug-likeness (QED) is 0.673. The van der Waals surface area contributed by atoms with Gasteiger partial charge in [0, 0.05) is 19.7 Å². The van der Waals surface area contributed by atoms with Gasteiger partial charge in [0.1, 0.15) is 5.75 Å². The van der Waals surface area contributed by atoms with E-state index in [0.717, 1.165) is 0 Å². The van der Waals surface area contributed by atoms with Gasteiger partial charge in [0.05, 0.1) is 25.9 Å². The largest absolute Gasteiger partial charge is 0.495 e. The highest BCUT2D eigenvalue weighted by molar-refractivity contribution is 5.89. The first-order chi connectivity index (χ1) is 11.4. The zero-order chi connectivity index (χ0) is 18.2. The first kappa shape index (κ1) is 19.8. The number of methoxy groups -OCH3 is 2. The van der Waals surface area contributed by atoms with E-state index in [4.69, 9.17) is 14.2 Å². The van der Waals surface area contributed by atoms with Crippen LogP contribution in [-0.4, -0.2) is 44.8 Å². The number of anilines is 2. The maximum atomic E-state index is 12.2. The third kappa shape index (κ3) is 4.86. The van der Waals surface area contributed by atoms with E-state index in [1.807, 2.05) is 6.92 Å². The minimum atomic E-state index is -1.09. The number of benzene rings is 1. The molecule has 1 rings (SSSR count). The second kappa shape index (κ2) is 9.12. The van der Waals surface area contributed by atoms with Crippen LogP contribution in [0.5, 0.6) is 5.75 Å². The predicted molar refractivity (Wildman–Crippen MR) is 92.5 cm³/mol.